The summed E-state index contributed by atoms with van der Waals surface area (Å²) in [5.74, 6) is 1.82. The number of benzene rings is 1. The zero-order valence-corrected chi connectivity index (χ0v) is 13.5. The number of aryl methyl sites for hydroxylation is 2. The van der Waals surface area contributed by atoms with Crippen LogP contribution in [0.3, 0.4) is 0 Å². The van der Waals surface area contributed by atoms with E-state index >= 15 is 0 Å². The zero-order valence-electron chi connectivity index (χ0n) is 13.5. The van der Waals surface area contributed by atoms with Crippen molar-refractivity contribution in [2.75, 3.05) is 12.8 Å². The minimum absolute atomic E-state index is 0.422. The van der Waals surface area contributed by atoms with Crippen molar-refractivity contribution in [3.05, 3.63) is 53.0 Å². The second-order valence-electron chi connectivity index (χ2n) is 5.53. The molecule has 0 aliphatic rings. The first-order valence-electron chi connectivity index (χ1n) is 7.44. The maximum absolute atomic E-state index is 6.04. The van der Waals surface area contributed by atoms with Gasteiger partial charge in [0.25, 0.3) is 0 Å². The molecule has 2 aromatic heterocycles. The molecule has 0 radical (unpaired) electrons. The first-order chi connectivity index (χ1) is 11.0. The standard InChI is InChI=1S/C17H20N4O2/c1-11-12(2)23-17-15(11)16(18)19-14(20-17)9-21(3)22-10-13-7-5-4-6-8-13/h4-8H,9-10H2,1-3H3,(H2,18,19,20). The molecule has 0 saturated heterocycles. The fourth-order valence-corrected chi connectivity index (χ4v) is 2.40. The Morgan fingerprint density at radius 3 is 2.65 bits per heavy atom. The molecule has 23 heavy (non-hydrogen) atoms. The van der Waals surface area contributed by atoms with Crippen LogP contribution in [0.15, 0.2) is 34.7 Å². The van der Waals surface area contributed by atoms with Gasteiger partial charge < -0.3 is 10.2 Å². The monoisotopic (exact) mass is 312 g/mol. The van der Waals surface area contributed by atoms with Gasteiger partial charge in [0.2, 0.25) is 5.71 Å². The molecule has 0 aliphatic heterocycles. The van der Waals surface area contributed by atoms with E-state index in [1.54, 1.807) is 5.06 Å². The van der Waals surface area contributed by atoms with E-state index in [0.717, 1.165) is 22.3 Å². The minimum atomic E-state index is 0.422. The van der Waals surface area contributed by atoms with Crippen molar-refractivity contribution in [2.45, 2.75) is 27.0 Å². The lowest BCUT2D eigenvalue weighted by Gasteiger charge is -2.15. The molecule has 0 bridgehead atoms. The van der Waals surface area contributed by atoms with Crippen LogP contribution in [0.4, 0.5) is 5.82 Å². The number of hydrogen-bond acceptors (Lipinski definition) is 6. The molecule has 6 nitrogen and oxygen atoms in total. The molecule has 120 valence electrons. The second kappa shape index (κ2) is 6.36. The molecular formula is C17H20N4O2. The summed E-state index contributed by atoms with van der Waals surface area (Å²) in [7, 11) is 1.84. The van der Waals surface area contributed by atoms with Crippen LogP contribution >= 0.6 is 0 Å². The summed E-state index contributed by atoms with van der Waals surface area (Å²) in [6.07, 6.45) is 0. The Morgan fingerprint density at radius 1 is 1.17 bits per heavy atom. The van der Waals surface area contributed by atoms with Crippen molar-refractivity contribution < 1.29 is 9.25 Å². The van der Waals surface area contributed by atoms with E-state index in [9.17, 15) is 0 Å². The van der Waals surface area contributed by atoms with E-state index in [4.69, 9.17) is 15.0 Å². The average molecular weight is 312 g/mol. The van der Waals surface area contributed by atoms with Crippen LogP contribution in [0.25, 0.3) is 11.1 Å². The lowest BCUT2D eigenvalue weighted by atomic mass is 10.2. The number of rotatable bonds is 5. The molecule has 0 atom stereocenters. The van der Waals surface area contributed by atoms with Gasteiger partial charge in [0.1, 0.15) is 11.6 Å². The highest BCUT2D eigenvalue weighted by Crippen LogP contribution is 2.27. The molecule has 0 spiro atoms. The molecule has 0 saturated carbocycles. The lowest BCUT2D eigenvalue weighted by molar-refractivity contribution is -0.158. The minimum Gasteiger partial charge on any atom is -0.443 e. The van der Waals surface area contributed by atoms with Gasteiger partial charge in [-0.3, -0.25) is 4.84 Å². The molecule has 0 unspecified atom stereocenters. The Morgan fingerprint density at radius 2 is 1.91 bits per heavy atom. The van der Waals surface area contributed by atoms with E-state index in [1.807, 2.05) is 51.2 Å². The van der Waals surface area contributed by atoms with E-state index in [-0.39, 0.29) is 0 Å². The van der Waals surface area contributed by atoms with Crippen molar-refractivity contribution >= 4 is 16.9 Å². The fraction of sp³-hybridized carbons (Fsp3) is 0.294. The van der Waals surface area contributed by atoms with Gasteiger partial charge in [-0.25, -0.2) is 4.98 Å². The van der Waals surface area contributed by atoms with Gasteiger partial charge in [0.05, 0.1) is 18.5 Å². The smallest absolute Gasteiger partial charge is 0.231 e. The van der Waals surface area contributed by atoms with Gasteiger partial charge in [-0.2, -0.15) is 10.0 Å². The van der Waals surface area contributed by atoms with E-state index in [2.05, 4.69) is 9.97 Å². The quantitative estimate of drug-likeness (QED) is 0.730. The van der Waals surface area contributed by atoms with Crippen LogP contribution in [0.1, 0.15) is 22.7 Å². The van der Waals surface area contributed by atoms with Crippen molar-refractivity contribution in [3.8, 4) is 0 Å². The number of nitrogens with two attached hydrogens (primary N) is 1. The zero-order chi connectivity index (χ0) is 16.4. The van der Waals surface area contributed by atoms with Crippen molar-refractivity contribution in [1.82, 2.24) is 15.0 Å². The number of fused-ring (bicyclic) bond motifs is 1. The van der Waals surface area contributed by atoms with Gasteiger partial charge in [-0.05, 0) is 19.4 Å². The summed E-state index contributed by atoms with van der Waals surface area (Å²) in [5.41, 5.74) is 8.66. The van der Waals surface area contributed by atoms with Gasteiger partial charge in [-0.15, -0.1) is 0 Å². The number of hydrogen-bond donors (Lipinski definition) is 1. The third-order valence-corrected chi connectivity index (χ3v) is 3.76. The van der Waals surface area contributed by atoms with Crippen molar-refractivity contribution in [2.24, 2.45) is 0 Å². The molecule has 3 rings (SSSR count). The van der Waals surface area contributed by atoms with Gasteiger partial charge in [0, 0.05) is 12.6 Å². The Hall–Kier alpha value is -2.44. The molecule has 2 heterocycles. The summed E-state index contributed by atoms with van der Waals surface area (Å²) in [6, 6.07) is 9.98. The average Bonchev–Trinajstić information content (AvgIpc) is 2.81. The molecule has 0 aliphatic carbocycles. The van der Waals surface area contributed by atoms with Crippen LogP contribution < -0.4 is 5.73 Å². The van der Waals surface area contributed by atoms with Crippen LogP contribution in [-0.4, -0.2) is 22.1 Å². The molecular weight excluding hydrogens is 292 g/mol. The summed E-state index contributed by atoms with van der Waals surface area (Å²) < 4.78 is 5.64. The first kappa shape index (κ1) is 15.5. The maximum Gasteiger partial charge on any atom is 0.231 e. The highest BCUT2D eigenvalue weighted by molar-refractivity contribution is 5.88. The largest absolute Gasteiger partial charge is 0.443 e. The molecule has 6 heteroatoms. The molecule has 1 aromatic carbocycles. The molecule has 0 fully saturated rings. The summed E-state index contributed by atoms with van der Waals surface area (Å²) in [5, 5.41) is 2.48. The number of nitrogens with zero attached hydrogens (tertiary/aromatic N) is 3. The van der Waals surface area contributed by atoms with E-state index in [0.29, 0.717) is 30.5 Å². The first-order valence-corrected chi connectivity index (χ1v) is 7.44. The lowest BCUT2D eigenvalue weighted by Crippen LogP contribution is -2.20. The third-order valence-electron chi connectivity index (χ3n) is 3.76. The second-order valence-corrected chi connectivity index (χ2v) is 5.53. The molecule has 2 N–H and O–H groups in total. The summed E-state index contributed by atoms with van der Waals surface area (Å²) >= 11 is 0. The SMILES string of the molecule is Cc1oc2nc(CN(C)OCc3ccccc3)nc(N)c2c1C. The highest BCUT2D eigenvalue weighted by atomic mass is 16.7. The molecule has 0 amide bonds. The van der Waals surface area contributed by atoms with Crippen LogP contribution in [-0.2, 0) is 18.0 Å². The number of hydroxylamine groups is 2. The van der Waals surface area contributed by atoms with Gasteiger partial charge >= 0.3 is 0 Å². The van der Waals surface area contributed by atoms with Gasteiger partial charge in [-0.1, -0.05) is 30.3 Å². The number of aromatic nitrogens is 2. The Bertz CT molecular complexity index is 814. The van der Waals surface area contributed by atoms with Gasteiger partial charge in [0.15, 0.2) is 5.82 Å². The Balaban J connectivity index is 1.71. The Kier molecular flexibility index (Phi) is 4.27. The number of nitrogen functional groups attached to an aromatic ring is 1. The van der Waals surface area contributed by atoms with E-state index < -0.39 is 0 Å². The third kappa shape index (κ3) is 3.33. The highest BCUT2D eigenvalue weighted by Gasteiger charge is 2.15. The number of anilines is 1. The fourth-order valence-electron chi connectivity index (χ4n) is 2.40. The van der Waals surface area contributed by atoms with E-state index in [1.165, 1.54) is 0 Å². The normalized spacial score (nSPS) is 11.5. The molecule has 3 aromatic rings. The number of furan rings is 1. The van der Waals surface area contributed by atoms with Crippen molar-refractivity contribution in [3.63, 3.8) is 0 Å². The van der Waals surface area contributed by atoms with Crippen molar-refractivity contribution in [1.29, 1.82) is 0 Å². The van der Waals surface area contributed by atoms with Crippen LogP contribution in [0.5, 0.6) is 0 Å². The maximum atomic E-state index is 6.04. The van der Waals surface area contributed by atoms with Crippen LogP contribution in [0, 0.1) is 13.8 Å². The Labute approximate surface area is 134 Å². The summed E-state index contributed by atoms with van der Waals surface area (Å²) in [4.78, 5) is 14.5. The predicted octanol–water partition coefficient (Wildman–Crippen LogP) is 2.99. The predicted molar refractivity (Wildman–Crippen MR) is 88.4 cm³/mol. The van der Waals surface area contributed by atoms with Crippen LogP contribution in [0.2, 0.25) is 0 Å². The topological polar surface area (TPSA) is 77.4 Å². The summed E-state index contributed by atoms with van der Waals surface area (Å²) in [6.45, 7) is 4.76.